The van der Waals surface area contributed by atoms with Crippen molar-refractivity contribution in [3.05, 3.63) is 5.21 Å². The number of nitrogens with zero attached hydrogens (tertiary/aromatic N) is 2. The topological polar surface area (TPSA) is 364 Å². The Kier molecular flexibility index (Phi) is 83.0. The van der Waals surface area contributed by atoms with Crippen LogP contribution < -0.4 is 62.0 Å². The lowest BCUT2D eigenvalue weighted by atomic mass is 9.93. The summed E-state index contributed by atoms with van der Waals surface area (Å²) in [5, 5.41) is 17.8. The lowest BCUT2D eigenvalue weighted by Crippen LogP contribution is -3.11. The van der Waals surface area contributed by atoms with Crippen molar-refractivity contribution in [1.29, 1.82) is 0 Å². The molecule has 4 aliphatic heterocycles. The van der Waals surface area contributed by atoms with Gasteiger partial charge in [-0.1, -0.05) is 33.8 Å². The Hall–Kier alpha value is -1.02. The molecule has 3 amide bonds. The maximum Gasteiger partial charge on any atom is 0.407 e. The molecule has 4 heterocycles. The molecule has 4 fully saturated rings. The number of morpholine rings is 3. The van der Waals surface area contributed by atoms with E-state index in [-0.39, 0.29) is 103 Å². The summed E-state index contributed by atoms with van der Waals surface area (Å²) in [7, 11) is 4.59. The molecular weight excluding hydrogens is 1410 g/mol. The molecule has 2 unspecified atom stereocenters. The van der Waals surface area contributed by atoms with Gasteiger partial charge in [0.1, 0.15) is 72.2 Å². The maximum atomic E-state index is 12.8. The van der Waals surface area contributed by atoms with Crippen molar-refractivity contribution in [2.75, 3.05) is 132 Å². The van der Waals surface area contributed by atoms with Gasteiger partial charge in [-0.05, 0) is 161 Å². The Bertz CT molecular complexity index is 1620. The molecule has 0 aromatic carbocycles. The van der Waals surface area contributed by atoms with Gasteiger partial charge in [-0.3, -0.25) is 0 Å². The van der Waals surface area contributed by atoms with E-state index in [1.807, 2.05) is 19.6 Å². The van der Waals surface area contributed by atoms with Gasteiger partial charge in [0.2, 0.25) is 0 Å². The van der Waals surface area contributed by atoms with Crippen LogP contribution in [0.4, 0.5) is 27.6 Å². The summed E-state index contributed by atoms with van der Waals surface area (Å²) in [4.78, 5) is 55.5. The minimum atomic E-state index is -2.76. The molecular formula is C57H142BF3IN8O17P2Si3+. The molecule has 5 atom stereocenters. The quantitative estimate of drug-likeness (QED) is 0.0248. The van der Waals surface area contributed by atoms with Crippen LogP contribution in [0.3, 0.4) is 0 Å². The molecule has 2 radical (unpaired) electrons. The molecule has 14 N–H and O–H groups in total. The van der Waals surface area contributed by atoms with Crippen LogP contribution in [0.1, 0.15) is 124 Å². The summed E-state index contributed by atoms with van der Waals surface area (Å²) in [5.74, 6) is 0. The second kappa shape index (κ2) is 64.6. The number of hydroxylamine groups is 3. The number of hydrogen-bond donors (Lipinski definition) is 7. The number of alkyl halides is 3. The van der Waals surface area contributed by atoms with E-state index in [4.69, 9.17) is 54.2 Å². The number of carbonyl (C=O) groups is 3. The average Bonchev–Trinajstić information content (AvgIpc) is 3.33. The van der Waals surface area contributed by atoms with E-state index in [9.17, 15) is 42.2 Å². The van der Waals surface area contributed by atoms with Crippen molar-refractivity contribution < 1.29 is 122 Å². The van der Waals surface area contributed by atoms with E-state index in [1.165, 1.54) is 32.9 Å². The lowest BCUT2D eigenvalue weighted by molar-refractivity contribution is -0.888. The van der Waals surface area contributed by atoms with E-state index in [0.717, 1.165) is 52.5 Å². The number of likely N-dealkylation sites (N-methyl/N-ethyl adjacent to an activating group) is 3. The van der Waals surface area contributed by atoms with Crippen LogP contribution in [0.15, 0.2) is 0 Å². The van der Waals surface area contributed by atoms with Crippen LogP contribution in [-0.4, -0.2) is 245 Å². The van der Waals surface area contributed by atoms with Crippen LogP contribution in [-0.2, 0) is 46.1 Å². The fraction of sp³-hybridized carbons (Fsp3) is 0.947. The van der Waals surface area contributed by atoms with Gasteiger partial charge in [0, 0.05) is 25.7 Å². The smallest absolute Gasteiger partial charge is 0.407 e. The van der Waals surface area contributed by atoms with E-state index in [2.05, 4.69) is 74.2 Å². The molecule has 564 valence electrons. The number of quaternary nitrogens is 3. The number of hydrogen-bond acceptors (Lipinski definition) is 18. The normalized spacial score (nSPS) is 17.1. The Labute approximate surface area is 582 Å². The van der Waals surface area contributed by atoms with E-state index in [0.29, 0.717) is 32.7 Å². The molecule has 0 aliphatic carbocycles. The minimum absolute atomic E-state index is 0. The number of carbonyl (C=O) groups excluding carboxylic acids is 3. The highest BCUT2D eigenvalue weighted by molar-refractivity contribution is 7.36. The molecule has 0 aromatic rings. The minimum Gasteiger partial charge on any atom is -1.00 e. The molecule has 0 spiro atoms. The van der Waals surface area contributed by atoms with E-state index < -0.39 is 92.7 Å². The highest BCUT2D eigenvalue weighted by Crippen LogP contribution is 2.26. The number of ether oxygens (including phenoxy) is 7. The predicted octanol–water partition coefficient (Wildman–Crippen LogP) is 6.84. The van der Waals surface area contributed by atoms with E-state index in [1.54, 1.807) is 81.2 Å². The third-order valence-electron chi connectivity index (χ3n) is 9.36. The predicted molar refractivity (Wildman–Crippen MR) is 379 cm³/mol. The number of rotatable bonds is 13. The zero-order chi connectivity index (χ0) is 67.3. The summed E-state index contributed by atoms with van der Waals surface area (Å²) < 4.78 is 93.7. The van der Waals surface area contributed by atoms with E-state index >= 15 is 0 Å². The lowest BCUT2D eigenvalue weighted by Gasteiger charge is -2.41. The summed E-state index contributed by atoms with van der Waals surface area (Å²) in [6.07, 6.45) is -2.26. The first-order valence-electron chi connectivity index (χ1n) is 29.4. The molecule has 0 saturated carbocycles. The van der Waals surface area contributed by atoms with Crippen LogP contribution >= 0.6 is 17.1 Å². The number of nitrogens with one attached hydrogen (secondary N) is 4. The first kappa shape index (κ1) is 118. The fourth-order valence-electron chi connectivity index (χ4n) is 5.07. The largest absolute Gasteiger partial charge is 1.00 e. The maximum absolute atomic E-state index is 12.8. The Morgan fingerprint density at radius 2 is 1.05 bits per heavy atom. The molecule has 4 saturated heterocycles. The standard InChI is InChI=1S/C9H18FNO2.C8H15FNO4P.C8H16FNO2.C6H19O2PSi2.C5H9BO.C5H11NO2.2C5H11NO.C3H10OSi.3CH4.HI.2H3N.H2O/c1-5-7(10)6-11-8(12)13-9(2,3)4;1-8(2,3)14-7(11)10-4-6(9)5-15(12)13;1-6(9)5-10-7(11)12-8(2,3)4;1-10(2,3)7-9-8-11(4,5)6;6-5-3-1-2-4-7-5;1-6(7)2-4-8-5-3-6;2*1-6-2-4-7-5-3-6;1-5(2,3)4;;;;;;;/h7H,5-6H2,1-4H3,(H,11,12);6H,4-5H2,1-3H3,(H,10,11);6H,5H2,1-4H3,(H,10,11);9H,1-6H3;5H,1-4H2;2-5H2,1H3;2*2-5H2,1H3;4H,1-3H3;3*1H4;1H;2*1H3;1H2/p+1/t7-;2*6-;;;;;;;;;;;;;/m010............./s1. The summed E-state index contributed by atoms with van der Waals surface area (Å²) in [5.41, 5.74) is -1.70. The number of alkyl carbamates (subject to hydrolysis) is 3. The van der Waals surface area contributed by atoms with Crippen molar-refractivity contribution >= 4 is 68.1 Å². The van der Waals surface area contributed by atoms with Crippen molar-refractivity contribution in [2.45, 2.75) is 224 Å². The van der Waals surface area contributed by atoms with Crippen molar-refractivity contribution in [1.82, 2.24) is 33.2 Å². The molecule has 4 rings (SSSR count). The van der Waals surface area contributed by atoms with Gasteiger partial charge in [-0.2, -0.15) is 0 Å². The zero-order valence-corrected chi connectivity index (χ0v) is 66.4. The first-order chi connectivity index (χ1) is 38.5. The second-order valence-electron chi connectivity index (χ2n) is 26.5. The Morgan fingerprint density at radius 3 is 1.27 bits per heavy atom. The van der Waals surface area contributed by atoms with Gasteiger partial charge < -0.3 is 129 Å². The first-order valence-corrected chi connectivity index (χ1v) is 41.8. The van der Waals surface area contributed by atoms with Crippen molar-refractivity contribution in [3.63, 3.8) is 0 Å². The molecule has 4 aliphatic rings. The summed E-state index contributed by atoms with van der Waals surface area (Å²) in [6.45, 7) is 48.6. The highest BCUT2D eigenvalue weighted by atomic mass is 127. The summed E-state index contributed by atoms with van der Waals surface area (Å²) >= 11 is 0. The second-order valence-corrected chi connectivity index (χ2v) is 42.1. The van der Waals surface area contributed by atoms with Crippen molar-refractivity contribution in [2.24, 2.45) is 0 Å². The third-order valence-corrected chi connectivity index (χ3v) is 15.6. The Balaban J connectivity index is -0.0000000786. The van der Waals surface area contributed by atoms with Gasteiger partial charge >= 0.3 is 26.3 Å². The fourth-order valence-corrected chi connectivity index (χ4v) is 8.06. The Morgan fingerprint density at radius 1 is 0.717 bits per heavy atom. The highest BCUT2D eigenvalue weighted by Gasteiger charge is 2.22. The third kappa shape index (κ3) is 116. The number of halogens is 4. The van der Waals surface area contributed by atoms with Gasteiger partial charge in [-0.25, -0.2) is 27.6 Å². The SMILES string of the molecule is C.C.C.CC(C)(C)OC(=O)NC[C@@H](F)C[P+](=O)[O-].CC[C@H](F)CNC(=O)OC(C)(C)C.CN1CCOCC1.C[C@H](F)CNC(=O)OC(C)(C)C.C[N+]1([O-])CCOCC1.C[NH+]1CCOCC1.C[Si](C)(C)O.C[Si](C)(C)OPO[Si](C)(C)C.N.O.[B]C1CCCCO1.[I-].[NH4+]. The van der Waals surface area contributed by atoms with Gasteiger partial charge in [-0.15, -0.1) is 0 Å². The molecule has 25 nitrogen and oxygen atoms in total. The zero-order valence-electron chi connectivity index (χ0n) is 59.4. The molecule has 35 heteroatoms. The van der Waals surface area contributed by atoms with Gasteiger partial charge in [0.15, 0.2) is 37.3 Å². The molecule has 0 bridgehead atoms. The average molecular weight is 1550 g/mol. The number of amides is 3. The monoisotopic (exact) mass is 1550 g/mol. The van der Waals surface area contributed by atoms with Crippen LogP contribution in [0, 0.1) is 5.21 Å². The molecule has 0 aromatic heterocycles. The van der Waals surface area contributed by atoms with Crippen LogP contribution in [0.25, 0.3) is 0 Å². The van der Waals surface area contributed by atoms with Gasteiger partial charge in [0.05, 0.1) is 73.4 Å². The van der Waals surface area contributed by atoms with Crippen molar-refractivity contribution in [3.8, 4) is 0 Å². The van der Waals surface area contributed by atoms with Gasteiger partial charge in [0.25, 0.3) is 0 Å². The van der Waals surface area contributed by atoms with Crippen LogP contribution in [0.2, 0.25) is 58.9 Å². The summed E-state index contributed by atoms with van der Waals surface area (Å²) in [6, 6.07) is 0.0359. The van der Waals surface area contributed by atoms with Crippen LogP contribution in [0.5, 0.6) is 0 Å². The molecule has 92 heavy (non-hydrogen) atoms.